The Labute approximate surface area is 126 Å². The van der Waals surface area contributed by atoms with Crippen molar-refractivity contribution in [1.29, 1.82) is 0 Å². The fraction of sp³-hybridized carbons (Fsp3) is 0.238. The Hall–Kier alpha value is -2.08. The van der Waals surface area contributed by atoms with Crippen LogP contribution in [0.25, 0.3) is 21.9 Å². The first-order chi connectivity index (χ1) is 10.2. The molecule has 0 nitrogen and oxygen atoms in total. The van der Waals surface area contributed by atoms with Crippen LogP contribution in [0, 0.1) is 13.8 Å². The summed E-state index contributed by atoms with van der Waals surface area (Å²) in [5.74, 6) is 0.807. The minimum absolute atomic E-state index is 0.807. The maximum absolute atomic E-state index is 2.42. The van der Waals surface area contributed by atoms with Crippen LogP contribution in [0.1, 0.15) is 35.4 Å². The zero-order chi connectivity index (χ0) is 14.4. The second kappa shape index (κ2) is 4.73. The molecule has 0 radical (unpaired) electrons. The second-order valence-electron chi connectivity index (χ2n) is 6.32. The third kappa shape index (κ3) is 2.15. The fourth-order valence-electron chi connectivity index (χ4n) is 3.34. The first kappa shape index (κ1) is 12.6. The number of fused-ring (bicyclic) bond motifs is 1. The number of hydrogen-bond acceptors (Lipinski definition) is 0. The van der Waals surface area contributed by atoms with Crippen molar-refractivity contribution in [3.05, 3.63) is 71.3 Å². The molecule has 4 rings (SSSR count). The molecule has 0 saturated heterocycles. The Morgan fingerprint density at radius 2 is 1.48 bits per heavy atom. The Morgan fingerprint density at radius 1 is 0.762 bits per heavy atom. The highest BCUT2D eigenvalue weighted by atomic mass is 14.3. The van der Waals surface area contributed by atoms with E-state index < -0.39 is 0 Å². The van der Waals surface area contributed by atoms with Crippen molar-refractivity contribution in [1.82, 2.24) is 0 Å². The van der Waals surface area contributed by atoms with E-state index in [1.165, 1.54) is 45.9 Å². The van der Waals surface area contributed by atoms with Crippen LogP contribution < -0.4 is 0 Å². The molecule has 0 bridgehead atoms. The maximum Gasteiger partial charge on any atom is -0.0103 e. The van der Waals surface area contributed by atoms with Crippen molar-refractivity contribution in [2.45, 2.75) is 32.6 Å². The molecule has 0 heteroatoms. The molecule has 104 valence electrons. The van der Waals surface area contributed by atoms with Crippen molar-refractivity contribution >= 4 is 10.8 Å². The van der Waals surface area contributed by atoms with Gasteiger partial charge in [-0.2, -0.15) is 0 Å². The van der Waals surface area contributed by atoms with E-state index in [-0.39, 0.29) is 0 Å². The molecule has 0 spiro atoms. The molecule has 0 aliphatic heterocycles. The summed E-state index contributed by atoms with van der Waals surface area (Å²) in [5.41, 5.74) is 7.07. The molecule has 0 atom stereocenters. The first-order valence-electron chi connectivity index (χ1n) is 7.83. The molecule has 0 aromatic heterocycles. The molecule has 0 N–H and O–H groups in total. The SMILES string of the molecule is Cc1ccc(-c2ccc(C)c3ccccc23)cc1C1CC1. The van der Waals surface area contributed by atoms with Crippen LogP contribution in [0.2, 0.25) is 0 Å². The summed E-state index contributed by atoms with van der Waals surface area (Å²) in [6, 6.07) is 20.2. The van der Waals surface area contributed by atoms with Gasteiger partial charge in [0.1, 0.15) is 0 Å². The lowest BCUT2D eigenvalue weighted by Crippen LogP contribution is -1.89. The predicted molar refractivity (Wildman–Crippen MR) is 90.8 cm³/mol. The second-order valence-corrected chi connectivity index (χ2v) is 6.32. The molecular weight excluding hydrogens is 252 g/mol. The number of aryl methyl sites for hydroxylation is 2. The van der Waals surface area contributed by atoms with Gasteiger partial charge in [0, 0.05) is 0 Å². The van der Waals surface area contributed by atoms with E-state index in [1.54, 1.807) is 5.56 Å². The van der Waals surface area contributed by atoms with Crippen molar-refractivity contribution in [2.24, 2.45) is 0 Å². The lowest BCUT2D eigenvalue weighted by Gasteiger charge is -2.12. The van der Waals surface area contributed by atoms with Gasteiger partial charge in [0.15, 0.2) is 0 Å². The molecule has 21 heavy (non-hydrogen) atoms. The van der Waals surface area contributed by atoms with Crippen molar-refractivity contribution in [3.8, 4) is 11.1 Å². The molecule has 0 amide bonds. The molecule has 3 aromatic carbocycles. The summed E-state index contributed by atoms with van der Waals surface area (Å²) >= 11 is 0. The van der Waals surface area contributed by atoms with E-state index in [2.05, 4.69) is 68.4 Å². The number of rotatable bonds is 2. The largest absolute Gasteiger partial charge is 0.0616 e. The summed E-state index contributed by atoms with van der Waals surface area (Å²) in [6.07, 6.45) is 2.72. The van der Waals surface area contributed by atoms with Crippen molar-refractivity contribution in [3.63, 3.8) is 0 Å². The van der Waals surface area contributed by atoms with Gasteiger partial charge in [-0.1, -0.05) is 54.6 Å². The minimum atomic E-state index is 0.807. The van der Waals surface area contributed by atoms with Crippen LogP contribution in [0.4, 0.5) is 0 Å². The summed E-state index contributed by atoms with van der Waals surface area (Å²) < 4.78 is 0. The highest BCUT2D eigenvalue weighted by molar-refractivity contribution is 5.98. The van der Waals surface area contributed by atoms with Crippen LogP contribution in [-0.2, 0) is 0 Å². The average molecular weight is 272 g/mol. The average Bonchev–Trinajstić information content (AvgIpc) is 3.34. The Morgan fingerprint density at radius 3 is 2.24 bits per heavy atom. The molecule has 1 aliphatic rings. The molecule has 1 saturated carbocycles. The van der Waals surface area contributed by atoms with Gasteiger partial charge in [-0.25, -0.2) is 0 Å². The quantitative estimate of drug-likeness (QED) is 0.536. The van der Waals surface area contributed by atoms with Crippen LogP contribution >= 0.6 is 0 Å². The Bertz CT molecular complexity index is 823. The molecule has 3 aromatic rings. The predicted octanol–water partition coefficient (Wildman–Crippen LogP) is 6.00. The zero-order valence-electron chi connectivity index (χ0n) is 12.7. The van der Waals surface area contributed by atoms with E-state index >= 15 is 0 Å². The van der Waals surface area contributed by atoms with E-state index in [4.69, 9.17) is 0 Å². The molecule has 0 unspecified atom stereocenters. The summed E-state index contributed by atoms with van der Waals surface area (Å²) in [5, 5.41) is 2.73. The van der Waals surface area contributed by atoms with Gasteiger partial charge in [-0.15, -0.1) is 0 Å². The van der Waals surface area contributed by atoms with Gasteiger partial charge in [-0.05, 0) is 71.2 Å². The van der Waals surface area contributed by atoms with Gasteiger partial charge in [0.05, 0.1) is 0 Å². The van der Waals surface area contributed by atoms with Crippen molar-refractivity contribution in [2.75, 3.05) is 0 Å². The van der Waals surface area contributed by atoms with E-state index in [0.717, 1.165) is 5.92 Å². The Balaban J connectivity index is 1.94. The third-order valence-electron chi connectivity index (χ3n) is 4.75. The summed E-state index contributed by atoms with van der Waals surface area (Å²) in [7, 11) is 0. The smallest absolute Gasteiger partial charge is 0.0103 e. The third-order valence-corrected chi connectivity index (χ3v) is 4.75. The fourth-order valence-corrected chi connectivity index (χ4v) is 3.34. The van der Waals surface area contributed by atoms with E-state index in [9.17, 15) is 0 Å². The lowest BCUT2D eigenvalue weighted by atomic mass is 9.92. The van der Waals surface area contributed by atoms with E-state index in [0.29, 0.717) is 0 Å². The van der Waals surface area contributed by atoms with Gasteiger partial charge in [0.2, 0.25) is 0 Å². The monoisotopic (exact) mass is 272 g/mol. The van der Waals surface area contributed by atoms with Gasteiger partial charge < -0.3 is 0 Å². The minimum Gasteiger partial charge on any atom is -0.0616 e. The summed E-state index contributed by atoms with van der Waals surface area (Å²) in [6.45, 7) is 4.43. The normalized spacial score (nSPS) is 14.6. The van der Waals surface area contributed by atoms with Gasteiger partial charge in [0.25, 0.3) is 0 Å². The van der Waals surface area contributed by atoms with Crippen LogP contribution in [-0.4, -0.2) is 0 Å². The van der Waals surface area contributed by atoms with Gasteiger partial charge >= 0.3 is 0 Å². The van der Waals surface area contributed by atoms with Crippen LogP contribution in [0.15, 0.2) is 54.6 Å². The number of benzene rings is 3. The zero-order valence-corrected chi connectivity index (χ0v) is 12.7. The van der Waals surface area contributed by atoms with Crippen LogP contribution in [0.3, 0.4) is 0 Å². The number of hydrogen-bond donors (Lipinski definition) is 0. The Kier molecular flexibility index (Phi) is 2.85. The highest BCUT2D eigenvalue weighted by Crippen LogP contribution is 2.43. The molecular formula is C21H20. The van der Waals surface area contributed by atoms with Crippen LogP contribution in [0.5, 0.6) is 0 Å². The van der Waals surface area contributed by atoms with E-state index in [1.807, 2.05) is 0 Å². The van der Waals surface area contributed by atoms with Crippen molar-refractivity contribution < 1.29 is 0 Å². The molecule has 0 heterocycles. The molecule has 1 aliphatic carbocycles. The van der Waals surface area contributed by atoms with Gasteiger partial charge in [-0.3, -0.25) is 0 Å². The standard InChI is InChI=1S/C21H20/c1-14-8-12-19(20-6-4-3-5-18(14)20)17-9-7-15(2)21(13-17)16-10-11-16/h3-9,12-13,16H,10-11H2,1-2H3. The highest BCUT2D eigenvalue weighted by Gasteiger charge is 2.25. The lowest BCUT2D eigenvalue weighted by molar-refractivity contribution is 1.10. The summed E-state index contributed by atoms with van der Waals surface area (Å²) in [4.78, 5) is 0. The molecule has 1 fully saturated rings. The first-order valence-corrected chi connectivity index (χ1v) is 7.83. The maximum atomic E-state index is 2.42. The topological polar surface area (TPSA) is 0 Å².